The molecule has 0 aliphatic heterocycles. The van der Waals surface area contributed by atoms with E-state index in [-0.39, 0.29) is 11.6 Å². The highest BCUT2D eigenvalue weighted by Crippen LogP contribution is 2.24. The highest BCUT2D eigenvalue weighted by Gasteiger charge is 2.07. The fraction of sp³-hybridized carbons (Fsp3) is 0.0968. The number of Topliss-reactive ketones (excluding diaryl/α,β-unsaturated/α-hetero) is 1. The SMILES string of the molecule is CC(=N)N.CC(C)=O.c1ccc(-c2nc3ccccc3o2)cc1.c1ccc(-c2nc3ccccc3o2)cc1. The highest BCUT2D eigenvalue weighted by molar-refractivity contribution is 5.77. The molecule has 0 radical (unpaired) electrons. The topological polar surface area (TPSA) is 119 Å². The second-order valence-electron chi connectivity index (χ2n) is 8.30. The Morgan fingerprint density at radius 2 is 0.895 bits per heavy atom. The van der Waals surface area contributed by atoms with Crippen molar-refractivity contribution in [2.45, 2.75) is 20.8 Å². The summed E-state index contributed by atoms with van der Waals surface area (Å²) in [5, 5.41) is 6.28. The third-order valence-electron chi connectivity index (χ3n) is 4.63. The fourth-order valence-electron chi connectivity index (χ4n) is 3.15. The van der Waals surface area contributed by atoms with Gasteiger partial charge in [-0.2, -0.15) is 0 Å². The van der Waals surface area contributed by atoms with Crippen LogP contribution in [0.1, 0.15) is 20.8 Å². The molecule has 0 bridgehead atoms. The number of rotatable bonds is 2. The molecule has 38 heavy (non-hydrogen) atoms. The van der Waals surface area contributed by atoms with E-state index < -0.39 is 0 Å². The van der Waals surface area contributed by atoms with Crippen LogP contribution in [0.3, 0.4) is 0 Å². The summed E-state index contributed by atoms with van der Waals surface area (Å²) >= 11 is 0. The zero-order valence-electron chi connectivity index (χ0n) is 21.6. The van der Waals surface area contributed by atoms with Gasteiger partial charge in [0.1, 0.15) is 16.8 Å². The van der Waals surface area contributed by atoms with Gasteiger partial charge in [-0.25, -0.2) is 9.97 Å². The van der Waals surface area contributed by atoms with Crippen molar-refractivity contribution < 1.29 is 13.6 Å². The monoisotopic (exact) mass is 506 g/mol. The van der Waals surface area contributed by atoms with E-state index in [0.717, 1.165) is 33.3 Å². The van der Waals surface area contributed by atoms with Crippen LogP contribution < -0.4 is 5.73 Å². The van der Waals surface area contributed by atoms with E-state index in [1.807, 2.05) is 109 Å². The Morgan fingerprint density at radius 1 is 0.605 bits per heavy atom. The number of amidine groups is 1. The average molecular weight is 507 g/mol. The van der Waals surface area contributed by atoms with E-state index in [9.17, 15) is 4.79 Å². The van der Waals surface area contributed by atoms with Gasteiger partial charge in [0, 0.05) is 11.1 Å². The third kappa shape index (κ3) is 8.57. The fourth-order valence-corrected chi connectivity index (χ4v) is 3.15. The first-order chi connectivity index (χ1) is 18.3. The Bertz CT molecular complexity index is 1390. The number of nitrogens with zero attached hydrogens (tertiary/aromatic N) is 2. The number of hydrogen-bond donors (Lipinski definition) is 2. The van der Waals surface area contributed by atoms with Crippen LogP contribution in [0.5, 0.6) is 0 Å². The molecule has 6 aromatic rings. The van der Waals surface area contributed by atoms with E-state index in [1.165, 1.54) is 20.8 Å². The lowest BCUT2D eigenvalue weighted by Crippen LogP contribution is -2.00. The van der Waals surface area contributed by atoms with Gasteiger partial charge in [-0.05, 0) is 69.3 Å². The number of fused-ring (bicyclic) bond motifs is 2. The molecule has 0 saturated heterocycles. The molecule has 0 unspecified atom stereocenters. The van der Waals surface area contributed by atoms with Gasteiger partial charge < -0.3 is 19.4 Å². The molecule has 2 heterocycles. The van der Waals surface area contributed by atoms with Gasteiger partial charge in [-0.15, -0.1) is 0 Å². The van der Waals surface area contributed by atoms with Crippen LogP contribution in [0.4, 0.5) is 0 Å². The van der Waals surface area contributed by atoms with Crippen LogP contribution in [-0.4, -0.2) is 21.6 Å². The molecule has 192 valence electrons. The molecule has 6 rings (SSSR count). The number of nitrogens with two attached hydrogens (primary N) is 1. The Hall–Kier alpha value is -5.04. The lowest BCUT2D eigenvalue weighted by Gasteiger charge is -1.91. The Balaban J connectivity index is 0.000000165. The van der Waals surface area contributed by atoms with Gasteiger partial charge in [-0.1, -0.05) is 60.7 Å². The maximum Gasteiger partial charge on any atom is 0.227 e. The van der Waals surface area contributed by atoms with Gasteiger partial charge >= 0.3 is 0 Å². The van der Waals surface area contributed by atoms with Crippen LogP contribution in [0.15, 0.2) is 118 Å². The van der Waals surface area contributed by atoms with E-state index in [0.29, 0.717) is 11.8 Å². The Labute approximate surface area is 221 Å². The van der Waals surface area contributed by atoms with Crippen molar-refractivity contribution in [3.05, 3.63) is 109 Å². The summed E-state index contributed by atoms with van der Waals surface area (Å²) in [5.74, 6) is 1.69. The maximum absolute atomic E-state index is 9.44. The van der Waals surface area contributed by atoms with Gasteiger partial charge in [-0.3, -0.25) is 5.41 Å². The molecule has 0 amide bonds. The number of hydrogen-bond acceptors (Lipinski definition) is 6. The number of para-hydroxylation sites is 4. The van der Waals surface area contributed by atoms with Crippen molar-refractivity contribution in [2.24, 2.45) is 5.73 Å². The molecule has 3 N–H and O–H groups in total. The summed E-state index contributed by atoms with van der Waals surface area (Å²) in [6.07, 6.45) is 0. The quantitative estimate of drug-likeness (QED) is 0.185. The summed E-state index contributed by atoms with van der Waals surface area (Å²) in [6.45, 7) is 4.58. The predicted molar refractivity (Wildman–Crippen MR) is 153 cm³/mol. The molecule has 0 aliphatic carbocycles. The minimum Gasteiger partial charge on any atom is -0.436 e. The first-order valence-corrected chi connectivity index (χ1v) is 11.9. The van der Waals surface area contributed by atoms with E-state index in [4.69, 9.17) is 20.0 Å². The van der Waals surface area contributed by atoms with Crippen LogP contribution in [0.25, 0.3) is 45.1 Å². The van der Waals surface area contributed by atoms with Gasteiger partial charge in [0.05, 0.1) is 5.84 Å². The molecule has 0 atom stereocenters. The zero-order chi connectivity index (χ0) is 27.3. The largest absolute Gasteiger partial charge is 0.436 e. The minimum absolute atomic E-state index is 0.167. The van der Waals surface area contributed by atoms with Crippen molar-refractivity contribution >= 4 is 33.8 Å². The zero-order valence-corrected chi connectivity index (χ0v) is 21.6. The van der Waals surface area contributed by atoms with Crippen molar-refractivity contribution in [1.29, 1.82) is 5.41 Å². The molecule has 7 nitrogen and oxygen atoms in total. The molecule has 0 aliphatic rings. The second-order valence-corrected chi connectivity index (χ2v) is 8.30. The van der Waals surface area contributed by atoms with Gasteiger partial charge in [0.15, 0.2) is 11.2 Å². The Kier molecular flexibility index (Phi) is 10.1. The smallest absolute Gasteiger partial charge is 0.227 e. The summed E-state index contributed by atoms with van der Waals surface area (Å²) < 4.78 is 11.3. The van der Waals surface area contributed by atoms with Gasteiger partial charge in [0.2, 0.25) is 11.8 Å². The molecule has 0 saturated carbocycles. The average Bonchev–Trinajstić information content (AvgIpc) is 3.54. The van der Waals surface area contributed by atoms with E-state index in [1.54, 1.807) is 0 Å². The Morgan fingerprint density at radius 3 is 1.21 bits per heavy atom. The van der Waals surface area contributed by atoms with Crippen LogP contribution in [0.2, 0.25) is 0 Å². The maximum atomic E-state index is 9.44. The lowest BCUT2D eigenvalue weighted by atomic mass is 10.2. The minimum atomic E-state index is 0.167. The number of oxazole rings is 2. The molecule has 7 heteroatoms. The number of benzene rings is 4. The van der Waals surface area contributed by atoms with Crippen LogP contribution >= 0.6 is 0 Å². The van der Waals surface area contributed by atoms with Gasteiger partial charge in [0.25, 0.3) is 0 Å². The number of aromatic nitrogens is 2. The standard InChI is InChI=1S/2C13H9NO.C3H6O.C2H6N2/c2*1-2-6-10(7-3-1)13-14-11-8-4-5-9-12(11)15-13;1-3(2)4;1-2(3)4/h2*1-9H;1-2H3;1H3,(H3,3,4). The molecule has 2 aromatic heterocycles. The highest BCUT2D eigenvalue weighted by atomic mass is 16.4. The first kappa shape index (κ1) is 27.5. The van der Waals surface area contributed by atoms with Crippen molar-refractivity contribution in [3.8, 4) is 22.9 Å². The first-order valence-electron chi connectivity index (χ1n) is 11.9. The number of ketones is 1. The van der Waals surface area contributed by atoms with E-state index in [2.05, 4.69) is 9.97 Å². The van der Waals surface area contributed by atoms with Crippen molar-refractivity contribution in [3.63, 3.8) is 0 Å². The summed E-state index contributed by atoms with van der Waals surface area (Å²) in [7, 11) is 0. The summed E-state index contributed by atoms with van der Waals surface area (Å²) in [6, 6.07) is 35.4. The molecule has 4 aromatic carbocycles. The molecule has 0 fully saturated rings. The normalized spacial score (nSPS) is 9.76. The van der Waals surface area contributed by atoms with Crippen molar-refractivity contribution in [1.82, 2.24) is 9.97 Å². The molecular weight excluding hydrogens is 476 g/mol. The lowest BCUT2D eigenvalue weighted by molar-refractivity contribution is -0.114. The van der Waals surface area contributed by atoms with E-state index >= 15 is 0 Å². The molecule has 0 spiro atoms. The number of nitrogens with one attached hydrogen (secondary N) is 1. The second kappa shape index (κ2) is 13.9. The van der Waals surface area contributed by atoms with Crippen molar-refractivity contribution in [2.75, 3.05) is 0 Å². The number of carbonyl (C=O) groups is 1. The third-order valence-corrected chi connectivity index (χ3v) is 4.63. The van der Waals surface area contributed by atoms with Crippen LogP contribution in [-0.2, 0) is 4.79 Å². The summed E-state index contributed by atoms with van der Waals surface area (Å²) in [5.41, 5.74) is 10.2. The predicted octanol–water partition coefficient (Wildman–Crippen LogP) is 7.53. The molecular formula is C31H30N4O3. The number of carbonyl (C=O) groups excluding carboxylic acids is 1. The summed E-state index contributed by atoms with van der Waals surface area (Å²) in [4.78, 5) is 18.3. The van der Waals surface area contributed by atoms with Crippen LogP contribution in [0, 0.1) is 5.41 Å².